The van der Waals surface area contributed by atoms with Gasteiger partial charge in [0.05, 0.1) is 23.9 Å². The van der Waals surface area contributed by atoms with E-state index in [1.54, 1.807) is 13.3 Å². The van der Waals surface area contributed by atoms with Gasteiger partial charge in [-0.1, -0.05) is 0 Å². The second-order valence-electron chi connectivity index (χ2n) is 6.17. The number of hydrogen-bond donors (Lipinski definition) is 2. The lowest BCUT2D eigenvalue weighted by Gasteiger charge is -2.42. The van der Waals surface area contributed by atoms with Crippen LogP contribution < -0.4 is 15.4 Å². The van der Waals surface area contributed by atoms with Crippen LogP contribution in [0.3, 0.4) is 0 Å². The molecule has 3 N–H and O–H groups in total. The van der Waals surface area contributed by atoms with Crippen LogP contribution in [0.15, 0.2) is 24.4 Å². The van der Waals surface area contributed by atoms with Crippen LogP contribution in [-0.4, -0.2) is 49.0 Å². The number of ether oxygens (including phenoxy) is 1. The van der Waals surface area contributed by atoms with Gasteiger partial charge in [0.1, 0.15) is 11.8 Å². The number of aromatic nitrogens is 1. The Bertz CT molecular complexity index is 890. The molecular weight excluding hydrogens is 377 g/mol. The first-order chi connectivity index (χ1) is 13.2. The van der Waals surface area contributed by atoms with Crippen molar-refractivity contribution in [1.29, 1.82) is 5.26 Å². The van der Waals surface area contributed by atoms with Gasteiger partial charge in [-0.3, -0.25) is 4.98 Å². The van der Waals surface area contributed by atoms with Gasteiger partial charge in [-0.05, 0) is 31.0 Å². The molecule has 28 heavy (non-hydrogen) atoms. The molecule has 0 spiro atoms. The van der Waals surface area contributed by atoms with Crippen molar-refractivity contribution in [2.75, 3.05) is 31.6 Å². The topological polar surface area (TPSA) is 112 Å². The molecule has 2 heterocycles. The maximum atomic E-state index is 10.6. The first-order valence-electron chi connectivity index (χ1n) is 8.33. The van der Waals surface area contributed by atoms with E-state index in [1.165, 1.54) is 0 Å². The monoisotopic (exact) mass is 396 g/mol. The van der Waals surface area contributed by atoms with E-state index >= 15 is 0 Å². The largest absolute Gasteiger partial charge is 0.497 e. The van der Waals surface area contributed by atoms with Gasteiger partial charge in [0.25, 0.3) is 0 Å². The van der Waals surface area contributed by atoms with E-state index in [0.29, 0.717) is 11.5 Å². The number of alkyl halides is 3. The fourth-order valence-corrected chi connectivity index (χ4v) is 2.88. The first kappa shape index (κ1) is 21.2. The molecule has 0 atom stereocenters. The summed E-state index contributed by atoms with van der Waals surface area (Å²) in [6, 6.07) is 8.04. The van der Waals surface area contributed by atoms with Crippen LogP contribution in [-0.2, 0) is 4.79 Å². The number of nitriles is 1. The number of nitrogens with two attached hydrogens (primary N) is 1. The quantitative estimate of drug-likeness (QED) is 0.817. The fraction of sp³-hybridized carbons (Fsp3) is 0.389. The van der Waals surface area contributed by atoms with Crippen LogP contribution in [0.25, 0.3) is 10.9 Å². The zero-order valence-electron chi connectivity index (χ0n) is 15.0. The second kappa shape index (κ2) is 8.75. The zero-order valence-corrected chi connectivity index (χ0v) is 15.0. The van der Waals surface area contributed by atoms with Gasteiger partial charge >= 0.3 is 12.1 Å². The number of anilines is 1. The minimum atomic E-state index is -5.08. The summed E-state index contributed by atoms with van der Waals surface area (Å²) in [7, 11) is 1.64. The van der Waals surface area contributed by atoms with Crippen LogP contribution in [0.5, 0.6) is 5.75 Å². The van der Waals surface area contributed by atoms with Gasteiger partial charge in [0, 0.05) is 30.7 Å². The number of benzene rings is 1. The lowest BCUT2D eigenvalue weighted by Crippen LogP contribution is -2.47. The van der Waals surface area contributed by atoms with Crippen LogP contribution in [0.1, 0.15) is 12.0 Å². The van der Waals surface area contributed by atoms with Crippen LogP contribution in [0, 0.1) is 17.2 Å². The van der Waals surface area contributed by atoms with Crippen LogP contribution in [0.4, 0.5) is 18.9 Å². The van der Waals surface area contributed by atoms with E-state index in [0.717, 1.165) is 48.4 Å². The highest BCUT2D eigenvalue weighted by molar-refractivity contribution is 5.95. The number of hydrogen-bond acceptors (Lipinski definition) is 6. The summed E-state index contributed by atoms with van der Waals surface area (Å²) < 4.78 is 37.0. The fourth-order valence-electron chi connectivity index (χ4n) is 2.88. The number of nitrogens with zero attached hydrogens (tertiary/aromatic N) is 3. The first-order valence-corrected chi connectivity index (χ1v) is 8.33. The lowest BCUT2D eigenvalue weighted by molar-refractivity contribution is -0.192. The van der Waals surface area contributed by atoms with Gasteiger partial charge in [-0.15, -0.1) is 0 Å². The third-order valence-corrected chi connectivity index (χ3v) is 4.26. The number of carbonyl (C=O) groups is 1. The maximum absolute atomic E-state index is 10.6. The summed E-state index contributed by atoms with van der Waals surface area (Å²) in [4.78, 5) is 15.5. The molecule has 1 fully saturated rings. The molecule has 1 aliphatic rings. The van der Waals surface area contributed by atoms with Crippen molar-refractivity contribution >= 4 is 22.6 Å². The molecule has 150 valence electrons. The Hall–Kier alpha value is -3.06. The molecule has 1 aliphatic heterocycles. The summed E-state index contributed by atoms with van der Waals surface area (Å²) in [5.41, 5.74) is 8.07. The molecule has 0 bridgehead atoms. The molecule has 10 heteroatoms. The molecule has 1 saturated heterocycles. The predicted octanol–water partition coefficient (Wildman–Crippen LogP) is 2.53. The average Bonchev–Trinajstić information content (AvgIpc) is 2.63. The van der Waals surface area contributed by atoms with E-state index in [-0.39, 0.29) is 0 Å². The van der Waals surface area contributed by atoms with Crippen molar-refractivity contribution in [2.45, 2.75) is 12.6 Å². The standard InChI is InChI=1S/C16H18N4O.C2HF3O2/c1-21-13-2-3-14-15(6-13)19-8-12(7-18)16(14)20-9-11(10-20)4-5-17;3-2(4,5)1(6)7/h2-3,6,8,11H,4-5,9-10,17H2,1H3;(H,6,7). The average molecular weight is 396 g/mol. The van der Waals surface area contributed by atoms with Crippen molar-refractivity contribution in [3.05, 3.63) is 30.0 Å². The number of fused-ring (bicyclic) bond motifs is 1. The van der Waals surface area contributed by atoms with E-state index in [9.17, 15) is 18.4 Å². The lowest BCUT2D eigenvalue weighted by atomic mass is 9.94. The molecule has 0 amide bonds. The number of halogens is 3. The van der Waals surface area contributed by atoms with Gasteiger partial charge in [-0.2, -0.15) is 18.4 Å². The molecule has 0 aliphatic carbocycles. The van der Waals surface area contributed by atoms with E-state index < -0.39 is 12.1 Å². The molecule has 0 saturated carbocycles. The summed E-state index contributed by atoms with van der Waals surface area (Å²) in [5, 5.41) is 17.5. The molecule has 1 aromatic heterocycles. The summed E-state index contributed by atoms with van der Waals surface area (Å²) in [5.74, 6) is -1.36. The van der Waals surface area contributed by atoms with Gasteiger partial charge in [0.15, 0.2) is 0 Å². The van der Waals surface area contributed by atoms with Gasteiger partial charge < -0.3 is 20.5 Å². The summed E-state index contributed by atoms with van der Waals surface area (Å²) in [6.45, 7) is 2.63. The van der Waals surface area contributed by atoms with Crippen LogP contribution >= 0.6 is 0 Å². The molecule has 0 radical (unpaired) electrons. The zero-order chi connectivity index (χ0) is 20.9. The molecule has 2 aromatic rings. The minimum absolute atomic E-state index is 0.624. The number of carboxylic acid groups (broad SMARTS) is 1. The Labute approximate surface area is 159 Å². The highest BCUT2D eigenvalue weighted by Gasteiger charge is 2.38. The highest BCUT2D eigenvalue weighted by Crippen LogP contribution is 2.35. The van der Waals surface area contributed by atoms with Gasteiger partial charge in [0.2, 0.25) is 0 Å². The summed E-state index contributed by atoms with van der Waals surface area (Å²) in [6.07, 6.45) is -2.40. The Morgan fingerprint density at radius 3 is 2.61 bits per heavy atom. The third kappa shape index (κ3) is 4.80. The Morgan fingerprint density at radius 2 is 2.11 bits per heavy atom. The Balaban J connectivity index is 0.000000345. The maximum Gasteiger partial charge on any atom is 0.490 e. The van der Waals surface area contributed by atoms with Crippen molar-refractivity contribution in [3.63, 3.8) is 0 Å². The molecule has 1 aromatic carbocycles. The van der Waals surface area contributed by atoms with E-state index in [2.05, 4.69) is 16.0 Å². The van der Waals surface area contributed by atoms with E-state index in [1.807, 2.05) is 18.2 Å². The van der Waals surface area contributed by atoms with Crippen molar-refractivity contribution in [2.24, 2.45) is 11.7 Å². The molecule has 7 nitrogen and oxygen atoms in total. The Kier molecular flexibility index (Phi) is 6.64. The van der Waals surface area contributed by atoms with Crippen molar-refractivity contribution in [3.8, 4) is 11.8 Å². The SMILES string of the molecule is COc1ccc2c(N3CC(CCN)C3)c(C#N)cnc2c1.O=C(O)C(F)(F)F. The highest BCUT2D eigenvalue weighted by atomic mass is 19.4. The van der Waals surface area contributed by atoms with Crippen molar-refractivity contribution < 1.29 is 27.8 Å². The molecule has 3 rings (SSSR count). The van der Waals surface area contributed by atoms with E-state index in [4.69, 9.17) is 20.4 Å². The minimum Gasteiger partial charge on any atom is -0.497 e. The second-order valence-corrected chi connectivity index (χ2v) is 6.17. The summed E-state index contributed by atoms with van der Waals surface area (Å²) >= 11 is 0. The van der Waals surface area contributed by atoms with Crippen molar-refractivity contribution in [1.82, 2.24) is 4.98 Å². The predicted molar refractivity (Wildman–Crippen MR) is 96.1 cm³/mol. The number of rotatable bonds is 4. The normalized spacial score (nSPS) is 13.9. The van der Waals surface area contributed by atoms with Gasteiger partial charge in [-0.25, -0.2) is 4.79 Å². The molecular formula is C18H19F3N4O3. The number of carboxylic acids is 1. The number of pyridine rings is 1. The molecule has 0 unspecified atom stereocenters. The number of methoxy groups -OCH3 is 1. The Morgan fingerprint density at radius 1 is 1.46 bits per heavy atom. The third-order valence-electron chi connectivity index (χ3n) is 4.26. The van der Waals surface area contributed by atoms with Crippen LogP contribution in [0.2, 0.25) is 0 Å². The smallest absolute Gasteiger partial charge is 0.490 e. The number of aliphatic carboxylic acids is 1.